The molecule has 0 saturated heterocycles. The van der Waals surface area contributed by atoms with Crippen LogP contribution in [-0.4, -0.2) is 59.1 Å². The molecule has 210 valence electrons. The van der Waals surface area contributed by atoms with E-state index in [1.165, 1.54) is 7.11 Å². The Hall–Kier alpha value is -2.71. The molecule has 2 N–H and O–H groups in total. The number of rotatable bonds is 4. The molecule has 1 aliphatic heterocycles. The number of methoxy groups -OCH3 is 1. The molecule has 4 aliphatic carbocycles. The molecule has 39 heavy (non-hydrogen) atoms. The van der Waals surface area contributed by atoms with Crippen LogP contribution in [0.15, 0.2) is 42.0 Å². The summed E-state index contributed by atoms with van der Waals surface area (Å²) < 4.78 is 16.4. The van der Waals surface area contributed by atoms with Gasteiger partial charge in [-0.25, -0.2) is 9.59 Å². The Labute approximate surface area is 228 Å². The van der Waals surface area contributed by atoms with Crippen molar-refractivity contribution in [3.8, 4) is 0 Å². The first kappa shape index (κ1) is 26.5. The molecular formula is C31H38O8. The van der Waals surface area contributed by atoms with Crippen molar-refractivity contribution < 1.29 is 38.8 Å². The summed E-state index contributed by atoms with van der Waals surface area (Å²) in [6, 6.07) is 8.77. The molecule has 0 aromatic heterocycles. The van der Waals surface area contributed by atoms with E-state index >= 15 is 0 Å². The molecule has 1 aromatic carbocycles. The van der Waals surface area contributed by atoms with Gasteiger partial charge in [0.1, 0.15) is 12.7 Å². The van der Waals surface area contributed by atoms with Gasteiger partial charge in [0.05, 0.1) is 29.3 Å². The van der Waals surface area contributed by atoms with Gasteiger partial charge in [-0.05, 0) is 86.8 Å². The third kappa shape index (κ3) is 3.67. The van der Waals surface area contributed by atoms with Gasteiger partial charge in [0.2, 0.25) is 0 Å². The number of cyclic esters (lactones) is 1. The number of ether oxygens (including phenoxy) is 3. The monoisotopic (exact) mass is 538 g/mol. The van der Waals surface area contributed by atoms with E-state index in [1.807, 2.05) is 6.07 Å². The predicted octanol–water partition coefficient (Wildman–Crippen LogP) is 3.74. The maximum Gasteiger partial charge on any atom is 0.338 e. The van der Waals surface area contributed by atoms with Crippen molar-refractivity contribution in [2.24, 2.45) is 28.6 Å². The minimum atomic E-state index is -1.41. The van der Waals surface area contributed by atoms with E-state index in [1.54, 1.807) is 30.3 Å². The lowest BCUT2D eigenvalue weighted by Crippen LogP contribution is -2.70. The maximum absolute atomic E-state index is 13.7. The highest BCUT2D eigenvalue weighted by atomic mass is 16.5. The van der Waals surface area contributed by atoms with Crippen molar-refractivity contribution in [1.29, 1.82) is 0 Å². The normalized spacial score (nSPS) is 42.9. The third-order valence-electron chi connectivity index (χ3n) is 11.4. The SMILES string of the molecule is COC(=O)[C@]12CC[C@H](OC(=O)c3ccccc3)C[C@]1(O)CC[C@@H]1[C@@H]2CC[C@]2(C)[C@H](C3=CC(=O)OC3)CC[C@]12O. The molecule has 1 heterocycles. The number of carbonyl (C=O) groups is 3. The van der Waals surface area contributed by atoms with Gasteiger partial charge in [0.25, 0.3) is 0 Å². The number of fused-ring (bicyclic) bond motifs is 5. The predicted molar refractivity (Wildman–Crippen MR) is 139 cm³/mol. The quantitative estimate of drug-likeness (QED) is 0.440. The zero-order chi connectivity index (χ0) is 27.6. The Balaban J connectivity index is 1.29. The molecule has 5 aliphatic rings. The van der Waals surface area contributed by atoms with Crippen molar-refractivity contribution in [2.75, 3.05) is 13.7 Å². The largest absolute Gasteiger partial charge is 0.468 e. The zero-order valence-corrected chi connectivity index (χ0v) is 22.7. The van der Waals surface area contributed by atoms with Gasteiger partial charge < -0.3 is 24.4 Å². The molecule has 4 saturated carbocycles. The number of benzene rings is 1. The Bertz CT molecular complexity index is 1210. The van der Waals surface area contributed by atoms with Crippen LogP contribution in [0.5, 0.6) is 0 Å². The first-order valence-corrected chi connectivity index (χ1v) is 14.2. The molecule has 0 bridgehead atoms. The first-order chi connectivity index (χ1) is 18.6. The molecule has 0 unspecified atom stereocenters. The lowest BCUT2D eigenvalue weighted by atomic mass is 9.41. The summed E-state index contributed by atoms with van der Waals surface area (Å²) in [5, 5.41) is 24.7. The van der Waals surface area contributed by atoms with Crippen molar-refractivity contribution in [3.63, 3.8) is 0 Å². The summed E-state index contributed by atoms with van der Waals surface area (Å²) in [4.78, 5) is 38.3. The van der Waals surface area contributed by atoms with Gasteiger partial charge in [-0.2, -0.15) is 0 Å². The molecule has 8 nitrogen and oxygen atoms in total. The summed E-state index contributed by atoms with van der Waals surface area (Å²) in [5.74, 6) is -1.61. The molecule has 6 rings (SSSR count). The molecule has 0 radical (unpaired) electrons. The lowest BCUT2D eigenvalue weighted by molar-refractivity contribution is -0.261. The molecule has 1 aromatic rings. The molecule has 8 heteroatoms. The van der Waals surface area contributed by atoms with Gasteiger partial charge >= 0.3 is 17.9 Å². The fourth-order valence-electron chi connectivity index (χ4n) is 9.53. The van der Waals surface area contributed by atoms with Gasteiger partial charge in [-0.15, -0.1) is 0 Å². The average Bonchev–Trinajstić information content (AvgIpc) is 3.47. The highest BCUT2D eigenvalue weighted by Gasteiger charge is 2.74. The van der Waals surface area contributed by atoms with E-state index in [-0.39, 0.29) is 36.8 Å². The fourth-order valence-corrected chi connectivity index (χ4v) is 9.53. The van der Waals surface area contributed by atoms with Gasteiger partial charge in [0.15, 0.2) is 0 Å². The number of carbonyl (C=O) groups excluding carboxylic acids is 3. The standard InChI is InChI=1S/C31H38O8/c1-28-12-9-23-24(31(28,36)15-11-22(28)20-16-25(32)38-18-20)10-13-29(35)17-21(8-14-30(23,29)27(34)37-2)39-26(33)19-6-4-3-5-7-19/h3-7,16,21-24,35-36H,8-15,17-18H2,1-2H3/t21-,22-,23-,24+,28+,29+,30+,31-/m0/s1. The van der Waals surface area contributed by atoms with Crippen LogP contribution in [0.1, 0.15) is 75.1 Å². The molecule has 0 amide bonds. The van der Waals surface area contributed by atoms with Crippen LogP contribution < -0.4 is 0 Å². The van der Waals surface area contributed by atoms with E-state index in [0.29, 0.717) is 50.5 Å². The Morgan fingerprint density at radius 2 is 1.72 bits per heavy atom. The van der Waals surface area contributed by atoms with Crippen LogP contribution in [0.3, 0.4) is 0 Å². The fraction of sp³-hybridized carbons (Fsp3) is 0.645. The Kier molecular flexibility index (Phi) is 6.23. The highest BCUT2D eigenvalue weighted by molar-refractivity contribution is 5.89. The zero-order valence-electron chi connectivity index (χ0n) is 22.7. The van der Waals surface area contributed by atoms with Crippen LogP contribution in [0, 0.1) is 28.6 Å². The first-order valence-electron chi connectivity index (χ1n) is 14.2. The van der Waals surface area contributed by atoms with E-state index in [0.717, 1.165) is 12.0 Å². The minimum absolute atomic E-state index is 0.0397. The minimum Gasteiger partial charge on any atom is -0.468 e. The van der Waals surface area contributed by atoms with Crippen LogP contribution in [0.4, 0.5) is 0 Å². The third-order valence-corrected chi connectivity index (χ3v) is 11.4. The summed E-state index contributed by atoms with van der Waals surface area (Å²) in [6.45, 7) is 2.40. The van der Waals surface area contributed by atoms with Gasteiger partial charge in [0, 0.05) is 17.9 Å². The molecule has 4 fully saturated rings. The molecule has 8 atom stereocenters. The summed E-state index contributed by atoms with van der Waals surface area (Å²) >= 11 is 0. The van der Waals surface area contributed by atoms with Crippen molar-refractivity contribution in [2.45, 2.75) is 82.0 Å². The van der Waals surface area contributed by atoms with Gasteiger partial charge in [-0.3, -0.25) is 4.79 Å². The summed E-state index contributed by atoms with van der Waals surface area (Å²) in [5.41, 5.74) is -2.67. The Morgan fingerprint density at radius 3 is 2.41 bits per heavy atom. The van der Waals surface area contributed by atoms with E-state index in [4.69, 9.17) is 14.2 Å². The smallest absolute Gasteiger partial charge is 0.338 e. The van der Waals surface area contributed by atoms with Gasteiger partial charge in [-0.1, -0.05) is 25.1 Å². The molecule has 0 spiro atoms. The number of hydrogen-bond donors (Lipinski definition) is 2. The molecular weight excluding hydrogens is 500 g/mol. The Morgan fingerprint density at radius 1 is 0.974 bits per heavy atom. The van der Waals surface area contributed by atoms with Crippen LogP contribution in [0.25, 0.3) is 0 Å². The second kappa shape index (κ2) is 9.16. The number of aliphatic hydroxyl groups is 2. The van der Waals surface area contributed by atoms with E-state index in [9.17, 15) is 24.6 Å². The van der Waals surface area contributed by atoms with Crippen molar-refractivity contribution >= 4 is 17.9 Å². The van der Waals surface area contributed by atoms with Crippen molar-refractivity contribution in [3.05, 3.63) is 47.5 Å². The average molecular weight is 539 g/mol. The van der Waals surface area contributed by atoms with E-state index < -0.39 is 40.1 Å². The van der Waals surface area contributed by atoms with Crippen LogP contribution in [0.2, 0.25) is 0 Å². The topological polar surface area (TPSA) is 119 Å². The lowest BCUT2D eigenvalue weighted by Gasteiger charge is -2.65. The maximum atomic E-state index is 13.7. The summed E-state index contributed by atoms with van der Waals surface area (Å²) in [7, 11) is 1.36. The second-order valence-electron chi connectivity index (χ2n) is 12.7. The van der Waals surface area contributed by atoms with Crippen LogP contribution >= 0.6 is 0 Å². The highest BCUT2D eigenvalue weighted by Crippen LogP contribution is 2.71. The van der Waals surface area contributed by atoms with E-state index in [2.05, 4.69) is 6.92 Å². The van der Waals surface area contributed by atoms with Crippen LogP contribution in [-0.2, 0) is 23.8 Å². The number of hydrogen-bond acceptors (Lipinski definition) is 8. The summed E-state index contributed by atoms with van der Waals surface area (Å²) in [6.07, 6.45) is 5.53. The second-order valence-corrected chi connectivity index (χ2v) is 12.7. The number of esters is 3. The van der Waals surface area contributed by atoms with Crippen molar-refractivity contribution in [1.82, 2.24) is 0 Å².